The van der Waals surface area contributed by atoms with Gasteiger partial charge in [-0.3, -0.25) is 4.79 Å². The van der Waals surface area contributed by atoms with Crippen molar-refractivity contribution >= 4 is 11.6 Å². The SMILES string of the molecule is COc1ccc(CN(Cc2ccc(N(C)C)cc2)C(OCCN2CC(=C3CCC3)NCC2=O)=C2CCC2)cc1. The van der Waals surface area contributed by atoms with Crippen molar-refractivity contribution < 1.29 is 14.3 Å². The van der Waals surface area contributed by atoms with E-state index in [1.165, 1.54) is 46.5 Å². The fourth-order valence-corrected chi connectivity index (χ4v) is 5.23. The van der Waals surface area contributed by atoms with Gasteiger partial charge >= 0.3 is 0 Å². The molecule has 3 fully saturated rings. The molecule has 1 N–H and O–H groups in total. The van der Waals surface area contributed by atoms with Crippen molar-refractivity contribution in [1.82, 2.24) is 15.1 Å². The highest BCUT2D eigenvalue weighted by Gasteiger charge is 2.26. The van der Waals surface area contributed by atoms with Gasteiger partial charge in [0.1, 0.15) is 12.4 Å². The van der Waals surface area contributed by atoms with Gasteiger partial charge in [-0.05, 0) is 85.1 Å². The Bertz CT molecular complexity index is 1190. The van der Waals surface area contributed by atoms with Crippen LogP contribution in [-0.4, -0.2) is 63.2 Å². The third-order valence-electron chi connectivity index (χ3n) is 8.04. The van der Waals surface area contributed by atoms with Gasteiger partial charge in [0, 0.05) is 38.6 Å². The summed E-state index contributed by atoms with van der Waals surface area (Å²) in [5.41, 5.74) is 7.74. The lowest BCUT2D eigenvalue weighted by Crippen LogP contribution is -2.48. The maximum absolute atomic E-state index is 12.6. The van der Waals surface area contributed by atoms with Crippen LogP contribution in [0.4, 0.5) is 5.69 Å². The highest BCUT2D eigenvalue weighted by molar-refractivity contribution is 5.80. The van der Waals surface area contributed by atoms with Gasteiger partial charge in [-0.2, -0.15) is 0 Å². The number of rotatable bonds is 11. The molecular weight excluding hydrogens is 488 g/mol. The molecule has 1 saturated heterocycles. The molecule has 0 bridgehead atoms. The first-order valence-corrected chi connectivity index (χ1v) is 14.2. The second-order valence-electron chi connectivity index (χ2n) is 11.0. The molecule has 1 aliphatic heterocycles. The van der Waals surface area contributed by atoms with Crippen molar-refractivity contribution in [3.05, 3.63) is 82.4 Å². The number of ether oxygens (including phenoxy) is 2. The quantitative estimate of drug-likeness (QED) is 0.411. The number of allylic oxidation sites excluding steroid dienone is 2. The summed E-state index contributed by atoms with van der Waals surface area (Å²) in [6, 6.07) is 17.0. The molecule has 1 heterocycles. The van der Waals surface area contributed by atoms with Gasteiger partial charge in [-0.25, -0.2) is 0 Å². The first-order valence-electron chi connectivity index (χ1n) is 14.2. The molecule has 39 heavy (non-hydrogen) atoms. The molecule has 0 unspecified atom stereocenters. The molecule has 2 aliphatic carbocycles. The summed E-state index contributed by atoms with van der Waals surface area (Å²) >= 11 is 0. The van der Waals surface area contributed by atoms with E-state index in [0.717, 1.165) is 50.4 Å². The predicted molar refractivity (Wildman–Crippen MR) is 155 cm³/mol. The third kappa shape index (κ3) is 6.70. The normalized spacial score (nSPS) is 16.7. The molecule has 208 valence electrons. The number of nitrogens with one attached hydrogen (secondary N) is 1. The van der Waals surface area contributed by atoms with Crippen LogP contribution in [0.15, 0.2) is 71.3 Å². The number of piperazine rings is 1. The summed E-state index contributed by atoms with van der Waals surface area (Å²) in [6.45, 7) is 3.65. The number of nitrogens with zero attached hydrogens (tertiary/aromatic N) is 3. The molecule has 2 aromatic carbocycles. The lowest BCUT2D eigenvalue weighted by molar-refractivity contribution is -0.131. The number of amides is 1. The van der Waals surface area contributed by atoms with E-state index in [2.05, 4.69) is 65.6 Å². The zero-order valence-corrected chi connectivity index (χ0v) is 23.7. The molecular formula is C32H42N4O3. The molecule has 5 rings (SSSR count). The maximum atomic E-state index is 12.6. The minimum absolute atomic E-state index is 0.149. The van der Waals surface area contributed by atoms with Gasteiger partial charge in [0.25, 0.3) is 0 Å². The maximum Gasteiger partial charge on any atom is 0.242 e. The summed E-state index contributed by atoms with van der Waals surface area (Å²) in [5, 5.41) is 3.35. The monoisotopic (exact) mass is 530 g/mol. The van der Waals surface area contributed by atoms with Gasteiger partial charge in [-0.1, -0.05) is 24.3 Å². The first kappa shape index (κ1) is 27.0. The Kier molecular flexibility index (Phi) is 8.64. The van der Waals surface area contributed by atoms with Crippen LogP contribution < -0.4 is 15.0 Å². The Hall–Kier alpha value is -3.61. The molecule has 2 aromatic rings. The Balaban J connectivity index is 1.32. The number of anilines is 1. The van der Waals surface area contributed by atoms with Crippen molar-refractivity contribution in [3.8, 4) is 5.75 Å². The van der Waals surface area contributed by atoms with E-state index in [1.54, 1.807) is 7.11 Å². The smallest absolute Gasteiger partial charge is 0.242 e. The van der Waals surface area contributed by atoms with E-state index >= 15 is 0 Å². The van der Waals surface area contributed by atoms with Crippen molar-refractivity contribution in [1.29, 1.82) is 0 Å². The van der Waals surface area contributed by atoms with Crippen LogP contribution in [0, 0.1) is 0 Å². The molecule has 0 aromatic heterocycles. The van der Waals surface area contributed by atoms with Crippen molar-refractivity contribution in [3.63, 3.8) is 0 Å². The Morgan fingerprint density at radius 2 is 1.56 bits per heavy atom. The summed E-state index contributed by atoms with van der Waals surface area (Å²) in [6.07, 6.45) is 6.91. The van der Waals surface area contributed by atoms with Crippen LogP contribution in [0.5, 0.6) is 5.75 Å². The van der Waals surface area contributed by atoms with E-state index in [1.807, 2.05) is 17.0 Å². The number of carbonyl (C=O) groups excluding carboxylic acids is 1. The fraction of sp³-hybridized carbons (Fsp3) is 0.469. The second-order valence-corrected chi connectivity index (χ2v) is 11.0. The number of hydrogen-bond acceptors (Lipinski definition) is 6. The Morgan fingerprint density at radius 3 is 2.10 bits per heavy atom. The summed E-state index contributed by atoms with van der Waals surface area (Å²) < 4.78 is 12.0. The zero-order chi connectivity index (χ0) is 27.2. The van der Waals surface area contributed by atoms with Gasteiger partial charge in [0.2, 0.25) is 5.91 Å². The van der Waals surface area contributed by atoms with Gasteiger partial charge in [-0.15, -0.1) is 0 Å². The van der Waals surface area contributed by atoms with Crippen LogP contribution in [0.25, 0.3) is 0 Å². The predicted octanol–water partition coefficient (Wildman–Crippen LogP) is 5.05. The molecule has 0 atom stereocenters. The van der Waals surface area contributed by atoms with E-state index < -0.39 is 0 Å². The van der Waals surface area contributed by atoms with Gasteiger partial charge < -0.3 is 29.5 Å². The summed E-state index contributed by atoms with van der Waals surface area (Å²) in [4.78, 5) is 19.1. The summed E-state index contributed by atoms with van der Waals surface area (Å²) in [7, 11) is 5.82. The number of hydrogen-bond donors (Lipinski definition) is 1. The number of benzene rings is 2. The van der Waals surface area contributed by atoms with E-state index in [0.29, 0.717) is 26.2 Å². The standard InChI is InChI=1S/C32H42N4O3/c1-34(2)28-14-10-24(11-15-28)21-36(22-25-12-16-29(38-3)17-13-25)32(27-8-5-9-27)39-19-18-35-23-30(26-6-4-7-26)33-20-31(35)37/h10-17,33H,4-9,18-23H2,1-3H3. The van der Waals surface area contributed by atoms with Crippen molar-refractivity contribution in [2.24, 2.45) is 0 Å². The average Bonchev–Trinajstić information content (AvgIpc) is 2.88. The zero-order valence-electron chi connectivity index (χ0n) is 23.7. The molecule has 7 heteroatoms. The van der Waals surface area contributed by atoms with Crippen molar-refractivity contribution in [2.75, 3.05) is 52.3 Å². The third-order valence-corrected chi connectivity index (χ3v) is 8.04. The molecule has 7 nitrogen and oxygen atoms in total. The van der Waals surface area contributed by atoms with E-state index in [9.17, 15) is 4.79 Å². The molecule has 3 aliphatic rings. The highest BCUT2D eigenvalue weighted by Crippen LogP contribution is 2.33. The molecule has 2 saturated carbocycles. The van der Waals surface area contributed by atoms with Gasteiger partial charge in [0.05, 0.1) is 26.7 Å². The largest absolute Gasteiger partial charge is 0.497 e. The van der Waals surface area contributed by atoms with E-state index in [-0.39, 0.29) is 5.91 Å². The Morgan fingerprint density at radius 1 is 0.923 bits per heavy atom. The van der Waals surface area contributed by atoms with Crippen LogP contribution in [0.2, 0.25) is 0 Å². The number of carbonyl (C=O) groups is 1. The molecule has 1 amide bonds. The van der Waals surface area contributed by atoms with E-state index in [4.69, 9.17) is 9.47 Å². The Labute approximate surface area is 233 Å². The van der Waals surface area contributed by atoms with Crippen LogP contribution in [-0.2, 0) is 22.6 Å². The second kappa shape index (κ2) is 12.5. The highest BCUT2D eigenvalue weighted by atomic mass is 16.5. The van der Waals surface area contributed by atoms with Gasteiger partial charge in [0.15, 0.2) is 5.88 Å². The first-order chi connectivity index (χ1) is 19.0. The number of methoxy groups -OCH3 is 1. The topological polar surface area (TPSA) is 57.3 Å². The minimum atomic E-state index is 0.149. The fourth-order valence-electron chi connectivity index (χ4n) is 5.23. The molecule has 0 radical (unpaired) electrons. The van der Waals surface area contributed by atoms with Crippen LogP contribution in [0.3, 0.4) is 0 Å². The molecule has 0 spiro atoms. The summed E-state index contributed by atoms with van der Waals surface area (Å²) in [5.74, 6) is 1.99. The van der Waals surface area contributed by atoms with Crippen LogP contribution in [0.1, 0.15) is 49.7 Å². The lowest BCUT2D eigenvalue weighted by atomic mass is 9.90. The lowest BCUT2D eigenvalue weighted by Gasteiger charge is -2.35. The van der Waals surface area contributed by atoms with Crippen molar-refractivity contribution in [2.45, 2.75) is 51.6 Å². The minimum Gasteiger partial charge on any atom is -0.497 e. The van der Waals surface area contributed by atoms with Crippen LogP contribution >= 0.6 is 0 Å². The average molecular weight is 531 g/mol.